The molecule has 0 aliphatic carbocycles. The number of nitrogens with zero attached hydrogens (tertiary/aromatic N) is 3. The number of hydrogen-bond acceptors (Lipinski definition) is 7. The summed E-state index contributed by atoms with van der Waals surface area (Å²) in [6.45, 7) is 0.824. The highest BCUT2D eigenvalue weighted by Crippen LogP contribution is 2.27. The number of rotatable bonds is 10. The molecule has 0 radical (unpaired) electrons. The molecular formula is C21H24N4O4S. The molecule has 0 spiro atoms. The van der Waals surface area contributed by atoms with Crippen molar-refractivity contribution in [2.75, 3.05) is 26.6 Å². The Labute approximate surface area is 179 Å². The predicted octanol–water partition coefficient (Wildman–Crippen LogP) is 2.93. The van der Waals surface area contributed by atoms with Gasteiger partial charge in [0.15, 0.2) is 22.5 Å². The number of thioether (sulfide) groups is 1. The molecule has 1 amide bonds. The Bertz CT molecular complexity index is 978. The Morgan fingerprint density at radius 3 is 2.57 bits per heavy atom. The van der Waals surface area contributed by atoms with Crippen LogP contribution in [-0.4, -0.2) is 47.3 Å². The van der Waals surface area contributed by atoms with Crippen molar-refractivity contribution in [3.63, 3.8) is 0 Å². The normalized spacial score (nSPS) is 10.5. The number of nitrogens with one attached hydrogen (secondary N) is 1. The van der Waals surface area contributed by atoms with Crippen LogP contribution in [0.2, 0.25) is 0 Å². The molecule has 9 heteroatoms. The summed E-state index contributed by atoms with van der Waals surface area (Å²) < 4.78 is 18.0. The van der Waals surface area contributed by atoms with Crippen molar-refractivity contribution in [1.29, 1.82) is 0 Å². The van der Waals surface area contributed by atoms with E-state index in [1.807, 2.05) is 41.9 Å². The minimum absolute atomic E-state index is 0.232. The first kappa shape index (κ1) is 21.5. The van der Waals surface area contributed by atoms with Gasteiger partial charge in [-0.15, -0.1) is 10.2 Å². The Morgan fingerprint density at radius 2 is 1.83 bits per heavy atom. The standard InChI is InChI=1S/C21H24N4O4S/c1-25-19(14-22-20(26)15-9-10-17(27-2)18(13-15)28-3)23-24-21(25)30-12-11-29-16-7-5-4-6-8-16/h4-10,13H,11-12,14H2,1-3H3,(H,22,26). The lowest BCUT2D eigenvalue weighted by atomic mass is 10.2. The van der Waals surface area contributed by atoms with Gasteiger partial charge >= 0.3 is 0 Å². The largest absolute Gasteiger partial charge is 0.493 e. The Morgan fingerprint density at radius 1 is 1.07 bits per heavy atom. The number of methoxy groups -OCH3 is 2. The van der Waals surface area contributed by atoms with E-state index in [1.54, 1.807) is 37.1 Å². The van der Waals surface area contributed by atoms with E-state index < -0.39 is 0 Å². The molecule has 3 aromatic rings. The third kappa shape index (κ3) is 5.44. The van der Waals surface area contributed by atoms with Crippen molar-refractivity contribution in [1.82, 2.24) is 20.1 Å². The molecule has 0 saturated heterocycles. The average Bonchev–Trinajstić information content (AvgIpc) is 3.14. The number of carbonyl (C=O) groups excluding carboxylic acids is 1. The van der Waals surface area contributed by atoms with Crippen molar-refractivity contribution in [2.45, 2.75) is 11.7 Å². The number of benzene rings is 2. The monoisotopic (exact) mass is 428 g/mol. The molecule has 0 aliphatic heterocycles. The van der Waals surface area contributed by atoms with Crippen LogP contribution in [0.4, 0.5) is 0 Å². The van der Waals surface area contributed by atoms with Gasteiger partial charge in [0.1, 0.15) is 5.75 Å². The molecule has 0 atom stereocenters. The third-order valence-electron chi connectivity index (χ3n) is 4.30. The van der Waals surface area contributed by atoms with Crippen molar-refractivity contribution in [3.8, 4) is 17.2 Å². The molecule has 3 rings (SSSR count). The quantitative estimate of drug-likeness (QED) is 0.392. The SMILES string of the molecule is COc1ccc(C(=O)NCc2nnc(SCCOc3ccccc3)n2C)cc1OC. The van der Waals surface area contributed by atoms with Gasteiger partial charge < -0.3 is 24.1 Å². The lowest BCUT2D eigenvalue weighted by Gasteiger charge is -2.10. The van der Waals surface area contributed by atoms with E-state index in [-0.39, 0.29) is 12.5 Å². The fourth-order valence-corrected chi connectivity index (χ4v) is 3.42. The topological polar surface area (TPSA) is 87.5 Å². The van der Waals surface area contributed by atoms with Crippen LogP contribution in [0.5, 0.6) is 17.2 Å². The molecule has 30 heavy (non-hydrogen) atoms. The van der Waals surface area contributed by atoms with Gasteiger partial charge in [-0.1, -0.05) is 30.0 Å². The number of aromatic nitrogens is 3. The molecular weight excluding hydrogens is 404 g/mol. The molecule has 0 unspecified atom stereocenters. The van der Waals surface area contributed by atoms with E-state index in [4.69, 9.17) is 14.2 Å². The summed E-state index contributed by atoms with van der Waals surface area (Å²) in [4.78, 5) is 12.5. The number of ether oxygens (including phenoxy) is 3. The average molecular weight is 429 g/mol. The zero-order chi connectivity index (χ0) is 21.3. The van der Waals surface area contributed by atoms with E-state index in [2.05, 4.69) is 15.5 Å². The molecule has 0 saturated carbocycles. The van der Waals surface area contributed by atoms with Gasteiger partial charge in [-0.05, 0) is 30.3 Å². The van der Waals surface area contributed by atoms with E-state index in [0.29, 0.717) is 29.5 Å². The highest BCUT2D eigenvalue weighted by atomic mass is 32.2. The maximum atomic E-state index is 12.5. The molecule has 1 N–H and O–H groups in total. The van der Waals surface area contributed by atoms with Gasteiger partial charge in [0.2, 0.25) is 0 Å². The van der Waals surface area contributed by atoms with Gasteiger partial charge in [0.25, 0.3) is 5.91 Å². The summed E-state index contributed by atoms with van der Waals surface area (Å²) in [5.74, 6) is 3.08. The maximum absolute atomic E-state index is 12.5. The van der Waals surface area contributed by atoms with E-state index in [9.17, 15) is 4.79 Å². The second-order valence-electron chi connectivity index (χ2n) is 6.22. The highest BCUT2D eigenvalue weighted by Gasteiger charge is 2.13. The molecule has 0 aliphatic rings. The van der Waals surface area contributed by atoms with Gasteiger partial charge in [-0.3, -0.25) is 4.79 Å². The van der Waals surface area contributed by atoms with Crippen LogP contribution in [0.15, 0.2) is 53.7 Å². The molecule has 2 aromatic carbocycles. The Hall–Kier alpha value is -3.20. The number of carbonyl (C=O) groups is 1. The van der Waals surface area contributed by atoms with Crippen LogP contribution in [0.25, 0.3) is 0 Å². The zero-order valence-corrected chi connectivity index (χ0v) is 17.9. The Kier molecular flexibility index (Phi) is 7.56. The smallest absolute Gasteiger partial charge is 0.251 e. The van der Waals surface area contributed by atoms with Crippen LogP contribution in [0, 0.1) is 0 Å². The fourth-order valence-electron chi connectivity index (χ4n) is 2.67. The lowest BCUT2D eigenvalue weighted by molar-refractivity contribution is 0.0949. The number of para-hydroxylation sites is 1. The van der Waals surface area contributed by atoms with Crippen LogP contribution in [0.1, 0.15) is 16.2 Å². The molecule has 0 fully saturated rings. The van der Waals surface area contributed by atoms with Crippen molar-refractivity contribution >= 4 is 17.7 Å². The van der Waals surface area contributed by atoms with Crippen LogP contribution in [-0.2, 0) is 13.6 Å². The molecule has 0 bridgehead atoms. The minimum atomic E-state index is -0.232. The number of amides is 1. The van der Waals surface area contributed by atoms with Crippen molar-refractivity contribution in [2.24, 2.45) is 7.05 Å². The van der Waals surface area contributed by atoms with Crippen LogP contribution < -0.4 is 19.5 Å². The first-order valence-corrected chi connectivity index (χ1v) is 10.3. The first-order chi connectivity index (χ1) is 14.6. The summed E-state index contributed by atoms with van der Waals surface area (Å²) in [6.07, 6.45) is 0. The van der Waals surface area contributed by atoms with Gasteiger partial charge in [-0.25, -0.2) is 0 Å². The molecule has 1 heterocycles. The Balaban J connectivity index is 1.50. The van der Waals surface area contributed by atoms with Gasteiger partial charge in [-0.2, -0.15) is 0 Å². The van der Waals surface area contributed by atoms with Crippen molar-refractivity contribution < 1.29 is 19.0 Å². The van der Waals surface area contributed by atoms with Gasteiger partial charge in [0.05, 0.1) is 27.4 Å². The van der Waals surface area contributed by atoms with Gasteiger partial charge in [0, 0.05) is 18.4 Å². The summed E-state index contributed by atoms with van der Waals surface area (Å²) in [6, 6.07) is 14.7. The van der Waals surface area contributed by atoms with E-state index >= 15 is 0 Å². The number of hydrogen-bond donors (Lipinski definition) is 1. The fraction of sp³-hybridized carbons (Fsp3) is 0.286. The van der Waals surface area contributed by atoms with E-state index in [1.165, 1.54) is 7.11 Å². The zero-order valence-electron chi connectivity index (χ0n) is 17.1. The highest BCUT2D eigenvalue weighted by molar-refractivity contribution is 7.99. The van der Waals surface area contributed by atoms with Crippen LogP contribution in [0.3, 0.4) is 0 Å². The lowest BCUT2D eigenvalue weighted by Crippen LogP contribution is -2.24. The second-order valence-corrected chi connectivity index (χ2v) is 7.28. The minimum Gasteiger partial charge on any atom is -0.493 e. The summed E-state index contributed by atoms with van der Waals surface area (Å²) >= 11 is 1.55. The summed E-state index contributed by atoms with van der Waals surface area (Å²) in [5.41, 5.74) is 0.475. The predicted molar refractivity (Wildman–Crippen MR) is 114 cm³/mol. The third-order valence-corrected chi connectivity index (χ3v) is 5.29. The van der Waals surface area contributed by atoms with Crippen LogP contribution >= 0.6 is 11.8 Å². The molecule has 1 aromatic heterocycles. The summed E-state index contributed by atoms with van der Waals surface area (Å²) in [7, 11) is 4.95. The van der Waals surface area contributed by atoms with Crippen molar-refractivity contribution in [3.05, 3.63) is 59.9 Å². The van der Waals surface area contributed by atoms with E-state index in [0.717, 1.165) is 16.7 Å². The first-order valence-electron chi connectivity index (χ1n) is 9.31. The second kappa shape index (κ2) is 10.5. The summed E-state index contributed by atoms with van der Waals surface area (Å²) in [5, 5.41) is 12.0. The molecule has 158 valence electrons. The maximum Gasteiger partial charge on any atom is 0.251 e. The molecule has 8 nitrogen and oxygen atoms in total.